The lowest BCUT2D eigenvalue weighted by molar-refractivity contribution is 0.650. The van der Waals surface area contributed by atoms with E-state index in [9.17, 15) is 0 Å². The summed E-state index contributed by atoms with van der Waals surface area (Å²) in [5.74, 6) is 1.80. The quantitative estimate of drug-likeness (QED) is 0.900. The van der Waals surface area contributed by atoms with Crippen LogP contribution in [0, 0.1) is 6.92 Å². The van der Waals surface area contributed by atoms with Crippen molar-refractivity contribution in [1.82, 2.24) is 19.3 Å². The molecule has 0 saturated heterocycles. The van der Waals surface area contributed by atoms with Gasteiger partial charge in [-0.25, -0.2) is 4.98 Å². The van der Waals surface area contributed by atoms with Crippen LogP contribution in [0.25, 0.3) is 11.3 Å². The third kappa shape index (κ3) is 2.00. The van der Waals surface area contributed by atoms with Crippen LogP contribution in [-0.4, -0.2) is 19.3 Å². The SMILES string of the molecule is CCCn1c(CC)nc(-c2cn(C)nc2C)c1N. The van der Waals surface area contributed by atoms with Gasteiger partial charge >= 0.3 is 0 Å². The highest BCUT2D eigenvalue weighted by atomic mass is 15.3. The van der Waals surface area contributed by atoms with E-state index in [2.05, 4.69) is 28.5 Å². The van der Waals surface area contributed by atoms with Gasteiger partial charge in [-0.2, -0.15) is 5.10 Å². The number of nitrogens with two attached hydrogens (primary N) is 1. The summed E-state index contributed by atoms with van der Waals surface area (Å²) in [6, 6.07) is 0. The first kappa shape index (κ1) is 12.7. The summed E-state index contributed by atoms with van der Waals surface area (Å²) in [5.41, 5.74) is 9.10. The maximum Gasteiger partial charge on any atom is 0.131 e. The number of nitrogens with zero attached hydrogens (tertiary/aromatic N) is 4. The predicted molar refractivity (Wildman–Crippen MR) is 73.2 cm³/mol. The molecule has 0 bridgehead atoms. The average Bonchev–Trinajstić information content (AvgIpc) is 2.81. The maximum atomic E-state index is 6.24. The van der Waals surface area contributed by atoms with Gasteiger partial charge < -0.3 is 10.3 Å². The van der Waals surface area contributed by atoms with Gasteiger partial charge in [-0.05, 0) is 13.3 Å². The van der Waals surface area contributed by atoms with Crippen LogP contribution in [0.2, 0.25) is 0 Å². The summed E-state index contributed by atoms with van der Waals surface area (Å²) in [7, 11) is 1.91. The van der Waals surface area contributed by atoms with E-state index in [-0.39, 0.29) is 0 Å². The zero-order chi connectivity index (χ0) is 13.3. The van der Waals surface area contributed by atoms with E-state index < -0.39 is 0 Å². The first-order valence-corrected chi connectivity index (χ1v) is 6.43. The van der Waals surface area contributed by atoms with E-state index >= 15 is 0 Å². The Labute approximate surface area is 108 Å². The van der Waals surface area contributed by atoms with Crippen molar-refractivity contribution in [3.63, 3.8) is 0 Å². The Morgan fingerprint density at radius 2 is 2.06 bits per heavy atom. The number of aryl methyl sites for hydroxylation is 3. The van der Waals surface area contributed by atoms with Crippen LogP contribution in [0.5, 0.6) is 0 Å². The molecule has 0 amide bonds. The predicted octanol–water partition coefficient (Wildman–Crippen LogP) is 2.15. The second kappa shape index (κ2) is 4.84. The fourth-order valence-electron chi connectivity index (χ4n) is 2.29. The molecule has 0 aliphatic carbocycles. The van der Waals surface area contributed by atoms with E-state index in [1.165, 1.54) is 0 Å². The highest BCUT2D eigenvalue weighted by Crippen LogP contribution is 2.28. The average molecular weight is 247 g/mol. The summed E-state index contributed by atoms with van der Waals surface area (Å²) in [6.07, 6.45) is 3.92. The lowest BCUT2D eigenvalue weighted by Gasteiger charge is -2.06. The molecule has 0 radical (unpaired) electrons. The number of hydrogen-bond acceptors (Lipinski definition) is 3. The minimum Gasteiger partial charge on any atom is -0.383 e. The van der Waals surface area contributed by atoms with Crippen LogP contribution in [0.3, 0.4) is 0 Å². The molecule has 0 fully saturated rings. The van der Waals surface area contributed by atoms with Crippen molar-refractivity contribution < 1.29 is 0 Å². The zero-order valence-corrected chi connectivity index (χ0v) is 11.6. The molecule has 0 unspecified atom stereocenters. The second-order valence-electron chi connectivity index (χ2n) is 4.57. The Morgan fingerprint density at radius 3 is 2.56 bits per heavy atom. The molecular weight excluding hydrogens is 226 g/mol. The van der Waals surface area contributed by atoms with Crippen LogP contribution in [0.4, 0.5) is 5.82 Å². The van der Waals surface area contributed by atoms with Gasteiger partial charge in [0.2, 0.25) is 0 Å². The number of hydrogen-bond donors (Lipinski definition) is 1. The number of nitrogen functional groups attached to an aromatic ring is 1. The molecule has 2 rings (SSSR count). The Morgan fingerprint density at radius 1 is 1.33 bits per heavy atom. The first-order chi connectivity index (χ1) is 8.58. The Hall–Kier alpha value is -1.78. The fourth-order valence-corrected chi connectivity index (χ4v) is 2.29. The number of rotatable bonds is 4. The summed E-state index contributed by atoms with van der Waals surface area (Å²) >= 11 is 0. The van der Waals surface area contributed by atoms with Crippen molar-refractivity contribution in [1.29, 1.82) is 0 Å². The standard InChI is InChI=1S/C13H21N5/c1-5-7-18-11(6-2)15-12(13(18)14)10-8-17(4)16-9(10)3/h8H,5-7,14H2,1-4H3. The topological polar surface area (TPSA) is 61.7 Å². The van der Waals surface area contributed by atoms with E-state index in [0.717, 1.165) is 48.0 Å². The number of imidazole rings is 1. The van der Waals surface area contributed by atoms with Gasteiger partial charge in [0.1, 0.15) is 17.3 Å². The third-order valence-electron chi connectivity index (χ3n) is 3.12. The van der Waals surface area contributed by atoms with Gasteiger partial charge in [-0.1, -0.05) is 13.8 Å². The molecular formula is C13H21N5. The highest BCUT2D eigenvalue weighted by Gasteiger charge is 2.17. The van der Waals surface area contributed by atoms with Crippen molar-refractivity contribution in [3.05, 3.63) is 17.7 Å². The number of aromatic nitrogens is 4. The Bertz CT molecular complexity index is 550. The van der Waals surface area contributed by atoms with Gasteiger partial charge in [-0.3, -0.25) is 4.68 Å². The van der Waals surface area contributed by atoms with Gasteiger partial charge in [0, 0.05) is 31.8 Å². The molecule has 2 heterocycles. The van der Waals surface area contributed by atoms with Gasteiger partial charge in [0.15, 0.2) is 0 Å². The Balaban J connectivity index is 2.55. The smallest absolute Gasteiger partial charge is 0.131 e. The van der Waals surface area contributed by atoms with Crippen LogP contribution >= 0.6 is 0 Å². The second-order valence-corrected chi connectivity index (χ2v) is 4.57. The summed E-state index contributed by atoms with van der Waals surface area (Å²) < 4.78 is 3.91. The van der Waals surface area contributed by atoms with E-state index in [0.29, 0.717) is 0 Å². The number of anilines is 1. The van der Waals surface area contributed by atoms with Crippen molar-refractivity contribution in [3.8, 4) is 11.3 Å². The lowest BCUT2D eigenvalue weighted by atomic mass is 10.2. The molecule has 98 valence electrons. The minimum absolute atomic E-state index is 0.754. The van der Waals surface area contributed by atoms with Gasteiger partial charge in [-0.15, -0.1) is 0 Å². The largest absolute Gasteiger partial charge is 0.383 e. The Kier molecular flexibility index (Phi) is 3.41. The fraction of sp³-hybridized carbons (Fsp3) is 0.538. The molecule has 2 N–H and O–H groups in total. The van der Waals surface area contributed by atoms with Gasteiger partial charge in [0.25, 0.3) is 0 Å². The molecule has 0 aromatic carbocycles. The molecule has 0 spiro atoms. The van der Waals surface area contributed by atoms with Crippen LogP contribution < -0.4 is 5.73 Å². The van der Waals surface area contributed by atoms with E-state index in [4.69, 9.17) is 5.73 Å². The molecule has 0 aliphatic rings. The van der Waals surface area contributed by atoms with Crippen molar-refractivity contribution in [2.45, 2.75) is 40.2 Å². The maximum absolute atomic E-state index is 6.24. The normalized spacial score (nSPS) is 11.1. The highest BCUT2D eigenvalue weighted by molar-refractivity contribution is 5.72. The van der Waals surface area contributed by atoms with Crippen molar-refractivity contribution in [2.24, 2.45) is 7.05 Å². The third-order valence-corrected chi connectivity index (χ3v) is 3.12. The molecule has 18 heavy (non-hydrogen) atoms. The molecule has 5 heteroatoms. The summed E-state index contributed by atoms with van der Waals surface area (Å²) in [4.78, 5) is 4.68. The lowest BCUT2D eigenvalue weighted by Crippen LogP contribution is -2.06. The van der Waals surface area contributed by atoms with Crippen LogP contribution in [0.1, 0.15) is 31.8 Å². The first-order valence-electron chi connectivity index (χ1n) is 6.43. The molecule has 2 aromatic rings. The molecule has 0 aliphatic heterocycles. The van der Waals surface area contributed by atoms with Gasteiger partial charge in [0.05, 0.1) is 5.69 Å². The molecule has 5 nitrogen and oxygen atoms in total. The molecule has 0 atom stereocenters. The monoisotopic (exact) mass is 247 g/mol. The molecule has 2 aromatic heterocycles. The van der Waals surface area contributed by atoms with E-state index in [1.54, 1.807) is 4.68 Å². The van der Waals surface area contributed by atoms with Crippen molar-refractivity contribution >= 4 is 5.82 Å². The van der Waals surface area contributed by atoms with Crippen LogP contribution in [-0.2, 0) is 20.0 Å². The van der Waals surface area contributed by atoms with Crippen molar-refractivity contribution in [2.75, 3.05) is 5.73 Å². The minimum atomic E-state index is 0.754. The molecule has 0 saturated carbocycles. The zero-order valence-electron chi connectivity index (χ0n) is 11.6. The summed E-state index contributed by atoms with van der Waals surface area (Å²) in [5, 5.41) is 4.35. The summed E-state index contributed by atoms with van der Waals surface area (Å²) in [6.45, 7) is 7.15. The van der Waals surface area contributed by atoms with E-state index in [1.807, 2.05) is 20.2 Å². The van der Waals surface area contributed by atoms with Crippen LogP contribution in [0.15, 0.2) is 6.20 Å².